The Hall–Kier alpha value is -1.98. The second kappa shape index (κ2) is 5.79. The Kier molecular flexibility index (Phi) is 4.38. The number of carbonyl (C=O) groups is 2. The summed E-state index contributed by atoms with van der Waals surface area (Å²) in [5, 5.41) is 8.72. The number of methoxy groups -OCH3 is 1. The molecule has 0 saturated heterocycles. The molecule has 86 valence electrons. The Morgan fingerprint density at radius 3 is 2.50 bits per heavy atom. The van der Waals surface area contributed by atoms with Gasteiger partial charge < -0.3 is 9.84 Å². The number of carboxylic acids is 1. The third-order valence-electron chi connectivity index (χ3n) is 2.01. The van der Waals surface area contributed by atoms with Gasteiger partial charge in [0.2, 0.25) is 0 Å². The van der Waals surface area contributed by atoms with Crippen LogP contribution in [0.5, 0.6) is 0 Å². The molecule has 16 heavy (non-hydrogen) atoms. The van der Waals surface area contributed by atoms with Crippen LogP contribution in [-0.2, 0) is 14.3 Å². The lowest BCUT2D eigenvalue weighted by Gasteiger charge is -2.11. The first-order chi connectivity index (χ1) is 7.63. The lowest BCUT2D eigenvalue weighted by atomic mass is 10.0. The highest BCUT2D eigenvalue weighted by atomic mass is 16.5. The van der Waals surface area contributed by atoms with Crippen molar-refractivity contribution in [2.45, 2.75) is 18.8 Å². The number of hydrogen-bond acceptors (Lipinski definition) is 5. The molecule has 0 radical (unpaired) electrons. The molecule has 6 nitrogen and oxygen atoms in total. The van der Waals surface area contributed by atoms with E-state index in [0.717, 1.165) is 0 Å². The topological polar surface area (TPSA) is 89.4 Å². The van der Waals surface area contributed by atoms with Gasteiger partial charge in [0.1, 0.15) is 5.82 Å². The third kappa shape index (κ3) is 3.64. The number of esters is 1. The summed E-state index contributed by atoms with van der Waals surface area (Å²) in [7, 11) is 1.26. The molecule has 0 aliphatic heterocycles. The first-order valence-corrected chi connectivity index (χ1v) is 4.69. The fraction of sp³-hybridized carbons (Fsp3) is 0.400. The summed E-state index contributed by atoms with van der Waals surface area (Å²) >= 11 is 0. The number of nitrogens with zero attached hydrogens (tertiary/aromatic N) is 2. The fourth-order valence-electron chi connectivity index (χ4n) is 1.27. The lowest BCUT2D eigenvalue weighted by molar-refractivity contribution is -0.142. The molecule has 0 amide bonds. The number of aliphatic carboxylic acids is 1. The molecule has 1 N–H and O–H groups in total. The van der Waals surface area contributed by atoms with Crippen LogP contribution < -0.4 is 0 Å². The van der Waals surface area contributed by atoms with Crippen molar-refractivity contribution < 1.29 is 19.4 Å². The second-order valence-corrected chi connectivity index (χ2v) is 3.18. The van der Waals surface area contributed by atoms with Crippen molar-refractivity contribution in [3.05, 3.63) is 24.3 Å². The van der Waals surface area contributed by atoms with Crippen LogP contribution in [0.3, 0.4) is 0 Å². The number of ether oxygens (including phenoxy) is 1. The predicted octanol–water partition coefficient (Wildman–Crippen LogP) is 0.598. The third-order valence-corrected chi connectivity index (χ3v) is 2.01. The van der Waals surface area contributed by atoms with E-state index >= 15 is 0 Å². The van der Waals surface area contributed by atoms with E-state index in [1.54, 1.807) is 6.07 Å². The molecule has 1 unspecified atom stereocenters. The average Bonchev–Trinajstić information content (AvgIpc) is 2.28. The van der Waals surface area contributed by atoms with Crippen LogP contribution in [0.2, 0.25) is 0 Å². The van der Waals surface area contributed by atoms with E-state index < -0.39 is 17.9 Å². The van der Waals surface area contributed by atoms with Gasteiger partial charge in [-0.05, 0) is 6.07 Å². The summed E-state index contributed by atoms with van der Waals surface area (Å²) in [4.78, 5) is 29.6. The highest BCUT2D eigenvalue weighted by Gasteiger charge is 2.21. The van der Waals surface area contributed by atoms with Gasteiger partial charge in [-0.2, -0.15) is 0 Å². The van der Waals surface area contributed by atoms with Crippen LogP contribution >= 0.6 is 0 Å². The maximum Gasteiger partial charge on any atom is 0.306 e. The molecule has 0 fully saturated rings. The Morgan fingerprint density at radius 1 is 1.38 bits per heavy atom. The largest absolute Gasteiger partial charge is 0.481 e. The summed E-state index contributed by atoms with van der Waals surface area (Å²) in [6.45, 7) is 0. The van der Waals surface area contributed by atoms with Crippen molar-refractivity contribution in [1.29, 1.82) is 0 Å². The molecule has 0 bridgehead atoms. The summed E-state index contributed by atoms with van der Waals surface area (Å²) in [5.41, 5.74) is 0. The zero-order valence-electron chi connectivity index (χ0n) is 8.79. The Balaban J connectivity index is 2.79. The summed E-state index contributed by atoms with van der Waals surface area (Å²) in [6, 6.07) is 1.62. The molecule has 1 aromatic heterocycles. The molecule has 0 spiro atoms. The van der Waals surface area contributed by atoms with Gasteiger partial charge in [0.15, 0.2) is 0 Å². The van der Waals surface area contributed by atoms with E-state index in [9.17, 15) is 9.59 Å². The quantitative estimate of drug-likeness (QED) is 0.736. The fourth-order valence-corrected chi connectivity index (χ4v) is 1.27. The Labute approximate surface area is 92.3 Å². The smallest absolute Gasteiger partial charge is 0.306 e. The molecular weight excluding hydrogens is 212 g/mol. The van der Waals surface area contributed by atoms with Crippen molar-refractivity contribution in [3.63, 3.8) is 0 Å². The molecule has 0 saturated carbocycles. The highest BCUT2D eigenvalue weighted by Crippen LogP contribution is 2.19. The van der Waals surface area contributed by atoms with Crippen molar-refractivity contribution in [3.8, 4) is 0 Å². The number of carboxylic acid groups (broad SMARTS) is 1. The second-order valence-electron chi connectivity index (χ2n) is 3.18. The van der Waals surface area contributed by atoms with Crippen LogP contribution in [0.15, 0.2) is 18.5 Å². The van der Waals surface area contributed by atoms with Crippen LogP contribution in [0, 0.1) is 0 Å². The van der Waals surface area contributed by atoms with E-state index in [1.165, 1.54) is 19.5 Å². The minimum Gasteiger partial charge on any atom is -0.481 e. The van der Waals surface area contributed by atoms with Crippen LogP contribution in [0.4, 0.5) is 0 Å². The number of carbonyl (C=O) groups excluding carboxylic acids is 1. The number of hydrogen-bond donors (Lipinski definition) is 1. The van der Waals surface area contributed by atoms with Crippen LogP contribution in [0.1, 0.15) is 24.6 Å². The molecule has 6 heteroatoms. The Bertz CT molecular complexity index is 366. The average molecular weight is 224 g/mol. The van der Waals surface area contributed by atoms with Gasteiger partial charge in [-0.3, -0.25) is 9.59 Å². The van der Waals surface area contributed by atoms with Gasteiger partial charge in [-0.15, -0.1) is 0 Å². The molecule has 0 aliphatic carbocycles. The van der Waals surface area contributed by atoms with E-state index in [0.29, 0.717) is 5.82 Å². The highest BCUT2D eigenvalue weighted by molar-refractivity contribution is 5.73. The maximum atomic E-state index is 11.1. The molecule has 1 atom stereocenters. The Morgan fingerprint density at radius 2 is 2.00 bits per heavy atom. The lowest BCUT2D eigenvalue weighted by Crippen LogP contribution is -2.14. The predicted molar refractivity (Wildman–Crippen MR) is 53.7 cm³/mol. The van der Waals surface area contributed by atoms with E-state index in [4.69, 9.17) is 5.11 Å². The molecule has 1 rings (SSSR count). The van der Waals surface area contributed by atoms with E-state index in [-0.39, 0.29) is 12.8 Å². The number of aromatic nitrogens is 2. The zero-order valence-corrected chi connectivity index (χ0v) is 8.79. The molecule has 0 aliphatic rings. The summed E-state index contributed by atoms with van der Waals surface area (Å²) < 4.78 is 4.50. The molecule has 0 aromatic carbocycles. The first kappa shape index (κ1) is 12.1. The van der Waals surface area contributed by atoms with Crippen molar-refractivity contribution in [2.24, 2.45) is 0 Å². The standard InChI is InChI=1S/C10H12N2O4/c1-16-9(15)6-7(5-8(13)14)10-11-3-2-4-12-10/h2-4,7H,5-6H2,1H3,(H,13,14). The minimum absolute atomic E-state index is 0.0349. The van der Waals surface area contributed by atoms with Crippen LogP contribution in [-0.4, -0.2) is 34.1 Å². The van der Waals surface area contributed by atoms with Gasteiger partial charge in [-0.25, -0.2) is 9.97 Å². The van der Waals surface area contributed by atoms with Gasteiger partial charge in [0.25, 0.3) is 0 Å². The van der Waals surface area contributed by atoms with Crippen LogP contribution in [0.25, 0.3) is 0 Å². The number of rotatable bonds is 5. The van der Waals surface area contributed by atoms with Gasteiger partial charge in [0, 0.05) is 18.3 Å². The van der Waals surface area contributed by atoms with Crippen molar-refractivity contribution >= 4 is 11.9 Å². The van der Waals surface area contributed by atoms with Crippen molar-refractivity contribution in [2.75, 3.05) is 7.11 Å². The summed E-state index contributed by atoms with van der Waals surface area (Å²) in [5.74, 6) is -1.68. The SMILES string of the molecule is COC(=O)CC(CC(=O)O)c1ncccn1. The minimum atomic E-state index is -0.999. The van der Waals surface area contributed by atoms with Gasteiger partial charge in [-0.1, -0.05) is 0 Å². The monoisotopic (exact) mass is 224 g/mol. The molecular formula is C10H12N2O4. The normalized spacial score (nSPS) is 11.8. The zero-order chi connectivity index (χ0) is 12.0. The van der Waals surface area contributed by atoms with E-state index in [1.807, 2.05) is 0 Å². The van der Waals surface area contributed by atoms with E-state index in [2.05, 4.69) is 14.7 Å². The first-order valence-electron chi connectivity index (χ1n) is 4.69. The van der Waals surface area contributed by atoms with Gasteiger partial charge in [0.05, 0.1) is 20.0 Å². The molecule has 1 heterocycles. The van der Waals surface area contributed by atoms with Crippen molar-refractivity contribution in [1.82, 2.24) is 9.97 Å². The maximum absolute atomic E-state index is 11.1. The molecule has 1 aromatic rings. The summed E-state index contributed by atoms with van der Waals surface area (Å²) in [6.07, 6.45) is 2.79. The van der Waals surface area contributed by atoms with Gasteiger partial charge >= 0.3 is 11.9 Å².